The van der Waals surface area contributed by atoms with Gasteiger partial charge in [-0.2, -0.15) is 12.6 Å². The second kappa shape index (κ2) is 15.2. The molecule has 3 amide bonds. The van der Waals surface area contributed by atoms with Crippen molar-refractivity contribution >= 4 is 36.3 Å². The van der Waals surface area contributed by atoms with Crippen LogP contribution in [-0.2, 0) is 25.6 Å². The molecule has 1 rings (SSSR count). The van der Waals surface area contributed by atoms with E-state index in [2.05, 4.69) is 28.6 Å². The third-order valence-electron chi connectivity index (χ3n) is 5.36. The van der Waals surface area contributed by atoms with Crippen LogP contribution in [0.25, 0.3) is 0 Å². The van der Waals surface area contributed by atoms with Crippen LogP contribution in [-0.4, -0.2) is 70.4 Å². The Morgan fingerprint density at radius 2 is 1.54 bits per heavy atom. The first-order valence-corrected chi connectivity index (χ1v) is 12.1. The Morgan fingerprint density at radius 3 is 2.06 bits per heavy atom. The van der Waals surface area contributed by atoms with E-state index in [0.717, 1.165) is 6.42 Å². The quantitative estimate of drug-likeness (QED) is 0.114. The lowest BCUT2D eigenvalue weighted by Gasteiger charge is -2.26. The van der Waals surface area contributed by atoms with E-state index < -0.39 is 47.9 Å². The first-order valence-electron chi connectivity index (χ1n) is 11.5. The number of nitrogens with one attached hydrogen (secondary N) is 3. The van der Waals surface area contributed by atoms with Crippen LogP contribution < -0.4 is 27.4 Å². The Bertz CT molecular complexity index is 851. The molecule has 0 radical (unpaired) electrons. The Kier molecular flexibility index (Phi) is 13.1. The van der Waals surface area contributed by atoms with E-state index in [9.17, 15) is 29.4 Å². The number of carbonyl (C=O) groups excluding carboxylic acids is 3. The van der Waals surface area contributed by atoms with Crippen molar-refractivity contribution < 1.29 is 29.4 Å². The number of hydrogen-bond donors (Lipinski definition) is 8. The van der Waals surface area contributed by atoms with Crippen LogP contribution in [0.4, 0.5) is 0 Å². The van der Waals surface area contributed by atoms with Gasteiger partial charge in [0, 0.05) is 12.2 Å². The molecule has 0 aliphatic heterocycles. The molecule has 0 fully saturated rings. The largest absolute Gasteiger partial charge is 0.508 e. The molecule has 0 aromatic heterocycles. The predicted octanol–water partition coefficient (Wildman–Crippen LogP) is -0.484. The van der Waals surface area contributed by atoms with Gasteiger partial charge in [-0.05, 0) is 43.0 Å². The molecule has 1 aromatic rings. The molecule has 12 heteroatoms. The van der Waals surface area contributed by atoms with Crippen molar-refractivity contribution in [3.8, 4) is 5.75 Å². The van der Waals surface area contributed by atoms with Gasteiger partial charge in [-0.3, -0.25) is 14.4 Å². The van der Waals surface area contributed by atoms with Crippen LogP contribution in [0.15, 0.2) is 24.3 Å². The highest BCUT2D eigenvalue weighted by Gasteiger charge is 2.31. The van der Waals surface area contributed by atoms with Crippen LogP contribution in [0, 0.1) is 5.92 Å². The number of benzene rings is 1. The molecule has 0 saturated heterocycles. The second-order valence-corrected chi connectivity index (χ2v) is 9.00. The van der Waals surface area contributed by atoms with Crippen LogP contribution >= 0.6 is 12.6 Å². The number of phenols is 1. The molecule has 4 atom stereocenters. The van der Waals surface area contributed by atoms with Gasteiger partial charge in [-0.1, -0.05) is 32.4 Å². The highest BCUT2D eigenvalue weighted by atomic mass is 32.1. The van der Waals surface area contributed by atoms with E-state index in [0.29, 0.717) is 24.9 Å². The molecule has 0 aliphatic rings. The Morgan fingerprint density at radius 1 is 0.943 bits per heavy atom. The smallest absolute Gasteiger partial charge is 0.326 e. The lowest BCUT2D eigenvalue weighted by Crippen LogP contribution is -2.59. The number of nitrogens with two attached hydrogens (primary N) is 2. The molecule has 35 heavy (non-hydrogen) atoms. The van der Waals surface area contributed by atoms with E-state index in [1.165, 1.54) is 12.1 Å². The number of thiol groups is 1. The monoisotopic (exact) mass is 511 g/mol. The number of rotatable bonds is 15. The molecule has 4 unspecified atom stereocenters. The van der Waals surface area contributed by atoms with Crippen LogP contribution in [0.5, 0.6) is 5.75 Å². The van der Waals surface area contributed by atoms with Crippen LogP contribution in [0.3, 0.4) is 0 Å². The van der Waals surface area contributed by atoms with Crippen molar-refractivity contribution in [1.82, 2.24) is 16.0 Å². The van der Waals surface area contributed by atoms with Gasteiger partial charge in [-0.15, -0.1) is 0 Å². The summed E-state index contributed by atoms with van der Waals surface area (Å²) < 4.78 is 0. The maximum absolute atomic E-state index is 12.9. The number of carboxylic acids is 1. The fraction of sp³-hybridized carbons (Fsp3) is 0.565. The van der Waals surface area contributed by atoms with Crippen molar-refractivity contribution in [1.29, 1.82) is 0 Å². The summed E-state index contributed by atoms with van der Waals surface area (Å²) >= 11 is 4.12. The van der Waals surface area contributed by atoms with Crippen LogP contribution in [0.2, 0.25) is 0 Å². The summed E-state index contributed by atoms with van der Waals surface area (Å²) in [6, 6.07) is 1.77. The van der Waals surface area contributed by atoms with Crippen molar-refractivity contribution in [3.63, 3.8) is 0 Å². The maximum Gasteiger partial charge on any atom is 0.326 e. The summed E-state index contributed by atoms with van der Waals surface area (Å²) in [6.07, 6.45) is 1.81. The standard InChI is InChI=1S/C23H37N5O6S/c1-13(2)19(28-20(30)16(25)5-3-4-10-24)22(32)27-18(12-35)21(31)26-17(23(33)34)11-14-6-8-15(29)9-7-14/h6-9,13,16-19,29,35H,3-5,10-12,24-25H2,1-2H3,(H,26,31)(H,27,32)(H,28,30)(H,33,34). The topological polar surface area (TPSA) is 197 Å². The molecule has 1 aromatic carbocycles. The fourth-order valence-corrected chi connectivity index (χ4v) is 3.49. The minimum Gasteiger partial charge on any atom is -0.508 e. The molecule has 0 heterocycles. The zero-order chi connectivity index (χ0) is 26.5. The summed E-state index contributed by atoms with van der Waals surface area (Å²) in [4.78, 5) is 49.7. The summed E-state index contributed by atoms with van der Waals surface area (Å²) in [6.45, 7) is 3.97. The van der Waals surface area contributed by atoms with Crippen molar-refractivity contribution in [2.45, 2.75) is 63.7 Å². The van der Waals surface area contributed by atoms with E-state index in [-0.39, 0.29) is 23.8 Å². The molecule has 0 saturated carbocycles. The molecule has 9 N–H and O–H groups in total. The molecule has 0 spiro atoms. The first kappa shape index (κ1) is 30.2. The molecule has 196 valence electrons. The summed E-state index contributed by atoms with van der Waals surface area (Å²) in [7, 11) is 0. The molecular weight excluding hydrogens is 474 g/mol. The first-order chi connectivity index (χ1) is 16.5. The van der Waals surface area contributed by atoms with Gasteiger partial charge in [0.15, 0.2) is 0 Å². The van der Waals surface area contributed by atoms with Crippen molar-refractivity contribution in [2.75, 3.05) is 12.3 Å². The number of carboxylic acid groups (broad SMARTS) is 1. The normalized spacial score (nSPS) is 14.5. The van der Waals surface area contributed by atoms with Gasteiger partial charge in [0.05, 0.1) is 6.04 Å². The molecule has 11 nitrogen and oxygen atoms in total. The number of hydrogen-bond acceptors (Lipinski definition) is 8. The Labute approximate surface area is 210 Å². The van der Waals surface area contributed by atoms with E-state index >= 15 is 0 Å². The van der Waals surface area contributed by atoms with E-state index in [1.54, 1.807) is 26.0 Å². The molecule has 0 bridgehead atoms. The Balaban J connectivity index is 2.80. The van der Waals surface area contributed by atoms with Gasteiger partial charge in [-0.25, -0.2) is 4.79 Å². The lowest BCUT2D eigenvalue weighted by atomic mass is 10.0. The van der Waals surface area contributed by atoms with Gasteiger partial charge >= 0.3 is 5.97 Å². The zero-order valence-electron chi connectivity index (χ0n) is 20.1. The molecular formula is C23H37N5O6S. The third-order valence-corrected chi connectivity index (χ3v) is 5.72. The minimum atomic E-state index is -1.27. The average molecular weight is 512 g/mol. The highest BCUT2D eigenvalue weighted by molar-refractivity contribution is 7.80. The fourth-order valence-electron chi connectivity index (χ4n) is 3.23. The SMILES string of the molecule is CC(C)C(NC(=O)C(N)CCCCN)C(=O)NC(CS)C(=O)NC(Cc1ccc(O)cc1)C(=O)O. The summed E-state index contributed by atoms with van der Waals surface area (Å²) in [5, 5.41) is 26.5. The van der Waals surface area contributed by atoms with Gasteiger partial charge < -0.3 is 37.6 Å². The number of phenolic OH excluding ortho intramolecular Hbond substituents is 1. The number of aliphatic carboxylic acids is 1. The van der Waals surface area contributed by atoms with Gasteiger partial charge in [0.25, 0.3) is 0 Å². The average Bonchev–Trinajstić information content (AvgIpc) is 2.81. The van der Waals surface area contributed by atoms with Crippen molar-refractivity contribution in [2.24, 2.45) is 17.4 Å². The number of carbonyl (C=O) groups is 4. The highest BCUT2D eigenvalue weighted by Crippen LogP contribution is 2.12. The number of unbranched alkanes of at least 4 members (excludes halogenated alkanes) is 1. The minimum absolute atomic E-state index is 0.0265. The maximum atomic E-state index is 12.9. The summed E-state index contributed by atoms with van der Waals surface area (Å²) in [5.74, 6) is -3.45. The molecule has 0 aliphatic carbocycles. The van der Waals surface area contributed by atoms with Gasteiger partial charge in [0.1, 0.15) is 23.9 Å². The van der Waals surface area contributed by atoms with Crippen LogP contribution in [0.1, 0.15) is 38.7 Å². The van der Waals surface area contributed by atoms with E-state index in [4.69, 9.17) is 11.5 Å². The van der Waals surface area contributed by atoms with E-state index in [1.807, 2.05) is 0 Å². The number of amides is 3. The predicted molar refractivity (Wildman–Crippen MR) is 135 cm³/mol. The summed E-state index contributed by atoms with van der Waals surface area (Å²) in [5.41, 5.74) is 11.9. The number of aromatic hydroxyl groups is 1. The Hall–Kier alpha value is -2.83. The zero-order valence-corrected chi connectivity index (χ0v) is 21.0. The second-order valence-electron chi connectivity index (χ2n) is 8.63. The lowest BCUT2D eigenvalue weighted by molar-refractivity contribution is -0.142. The van der Waals surface area contributed by atoms with Gasteiger partial charge in [0.2, 0.25) is 17.7 Å². The third kappa shape index (κ3) is 10.5. The van der Waals surface area contributed by atoms with Crippen molar-refractivity contribution in [3.05, 3.63) is 29.8 Å².